The zero-order chi connectivity index (χ0) is 10.6. The Morgan fingerprint density at radius 2 is 1.86 bits per heavy atom. The molecule has 0 aromatic rings. The molecule has 82 valence electrons. The van der Waals surface area contributed by atoms with Gasteiger partial charge in [-0.1, -0.05) is 19.3 Å². The molecule has 3 heteroatoms. The average molecular weight is 198 g/mol. The van der Waals surface area contributed by atoms with E-state index in [4.69, 9.17) is 0 Å². The third-order valence-electron chi connectivity index (χ3n) is 3.03. The first-order chi connectivity index (χ1) is 6.61. The van der Waals surface area contributed by atoms with Gasteiger partial charge in [0.25, 0.3) is 0 Å². The van der Waals surface area contributed by atoms with Crippen molar-refractivity contribution in [2.24, 2.45) is 0 Å². The van der Waals surface area contributed by atoms with Crippen molar-refractivity contribution in [2.75, 3.05) is 7.05 Å². The van der Waals surface area contributed by atoms with E-state index in [0.29, 0.717) is 6.04 Å². The van der Waals surface area contributed by atoms with E-state index in [-0.39, 0.29) is 12.1 Å². The molecule has 0 aromatic heterocycles. The molecule has 0 saturated heterocycles. The van der Waals surface area contributed by atoms with Crippen LogP contribution in [0.25, 0.3) is 0 Å². The standard InChI is InChI=1S/C11H22N2O/c1-9(2)13(3)11(14)12-10-7-5-4-6-8-10/h9-10H,4-8H2,1-3H3,(H,12,14). The first-order valence-electron chi connectivity index (χ1n) is 5.64. The summed E-state index contributed by atoms with van der Waals surface area (Å²) in [5, 5.41) is 3.09. The number of hydrogen-bond acceptors (Lipinski definition) is 1. The molecule has 1 saturated carbocycles. The van der Waals surface area contributed by atoms with Gasteiger partial charge in [-0.15, -0.1) is 0 Å². The van der Waals surface area contributed by atoms with Gasteiger partial charge in [-0.25, -0.2) is 4.79 Å². The zero-order valence-electron chi connectivity index (χ0n) is 9.55. The molecule has 3 nitrogen and oxygen atoms in total. The van der Waals surface area contributed by atoms with Crippen molar-refractivity contribution in [3.63, 3.8) is 0 Å². The van der Waals surface area contributed by atoms with E-state index in [1.807, 2.05) is 20.9 Å². The summed E-state index contributed by atoms with van der Waals surface area (Å²) in [5.41, 5.74) is 0. The van der Waals surface area contributed by atoms with Gasteiger partial charge >= 0.3 is 6.03 Å². The van der Waals surface area contributed by atoms with Crippen molar-refractivity contribution in [1.82, 2.24) is 10.2 Å². The Morgan fingerprint density at radius 3 is 2.36 bits per heavy atom. The smallest absolute Gasteiger partial charge is 0.317 e. The number of amides is 2. The average Bonchev–Trinajstić information content (AvgIpc) is 2.18. The quantitative estimate of drug-likeness (QED) is 0.726. The summed E-state index contributed by atoms with van der Waals surface area (Å²) in [6.45, 7) is 4.06. The first kappa shape index (κ1) is 11.3. The third-order valence-corrected chi connectivity index (χ3v) is 3.03. The predicted molar refractivity (Wildman–Crippen MR) is 58.3 cm³/mol. The van der Waals surface area contributed by atoms with Crippen molar-refractivity contribution in [3.05, 3.63) is 0 Å². The van der Waals surface area contributed by atoms with E-state index < -0.39 is 0 Å². The molecule has 0 radical (unpaired) electrons. The van der Waals surface area contributed by atoms with E-state index in [1.165, 1.54) is 19.3 Å². The highest BCUT2D eigenvalue weighted by Crippen LogP contribution is 2.17. The fraction of sp³-hybridized carbons (Fsp3) is 0.909. The van der Waals surface area contributed by atoms with Crippen LogP contribution < -0.4 is 5.32 Å². The first-order valence-corrected chi connectivity index (χ1v) is 5.64. The number of hydrogen-bond donors (Lipinski definition) is 1. The number of urea groups is 1. The molecule has 14 heavy (non-hydrogen) atoms. The number of rotatable bonds is 2. The second kappa shape index (κ2) is 5.23. The highest BCUT2D eigenvalue weighted by atomic mass is 16.2. The summed E-state index contributed by atoms with van der Waals surface area (Å²) in [5.74, 6) is 0. The molecule has 0 spiro atoms. The van der Waals surface area contributed by atoms with E-state index >= 15 is 0 Å². The van der Waals surface area contributed by atoms with Gasteiger partial charge in [0, 0.05) is 19.1 Å². The molecule has 0 aromatic carbocycles. The Balaban J connectivity index is 2.31. The third kappa shape index (κ3) is 3.20. The van der Waals surface area contributed by atoms with Crippen LogP contribution in [0.1, 0.15) is 46.0 Å². The number of nitrogens with zero attached hydrogens (tertiary/aromatic N) is 1. The van der Waals surface area contributed by atoms with Crippen molar-refractivity contribution in [1.29, 1.82) is 0 Å². The van der Waals surface area contributed by atoms with Crippen LogP contribution in [0.15, 0.2) is 0 Å². The van der Waals surface area contributed by atoms with Gasteiger partial charge in [-0.2, -0.15) is 0 Å². The minimum Gasteiger partial charge on any atom is -0.335 e. The Bertz CT molecular complexity index is 186. The van der Waals surface area contributed by atoms with Gasteiger partial charge < -0.3 is 10.2 Å². The van der Waals surface area contributed by atoms with Crippen LogP contribution >= 0.6 is 0 Å². The van der Waals surface area contributed by atoms with Crippen LogP contribution in [0.4, 0.5) is 4.79 Å². The molecule has 0 atom stereocenters. The zero-order valence-corrected chi connectivity index (χ0v) is 9.55. The maximum absolute atomic E-state index is 11.7. The van der Waals surface area contributed by atoms with Crippen molar-refractivity contribution < 1.29 is 4.79 Å². The minimum absolute atomic E-state index is 0.0758. The predicted octanol–water partition coefficient (Wildman–Crippen LogP) is 2.37. The molecule has 0 heterocycles. The lowest BCUT2D eigenvalue weighted by atomic mass is 9.96. The maximum Gasteiger partial charge on any atom is 0.317 e. The lowest BCUT2D eigenvalue weighted by molar-refractivity contribution is 0.190. The van der Waals surface area contributed by atoms with Gasteiger partial charge in [0.1, 0.15) is 0 Å². The van der Waals surface area contributed by atoms with Crippen LogP contribution in [-0.4, -0.2) is 30.1 Å². The van der Waals surface area contributed by atoms with Gasteiger partial charge in [-0.05, 0) is 26.7 Å². The molecule has 1 fully saturated rings. The summed E-state index contributed by atoms with van der Waals surface area (Å²) in [6.07, 6.45) is 6.15. The minimum atomic E-state index is 0.0758. The Kier molecular flexibility index (Phi) is 4.23. The van der Waals surface area contributed by atoms with Crippen LogP contribution in [0.3, 0.4) is 0 Å². The fourth-order valence-corrected chi connectivity index (χ4v) is 1.76. The van der Waals surface area contributed by atoms with Gasteiger partial charge in [0.05, 0.1) is 0 Å². The van der Waals surface area contributed by atoms with Gasteiger partial charge in [-0.3, -0.25) is 0 Å². The summed E-state index contributed by atoms with van der Waals surface area (Å²) < 4.78 is 0. The second-order valence-corrected chi connectivity index (χ2v) is 4.49. The molecule has 0 bridgehead atoms. The molecular formula is C11H22N2O. The molecule has 0 aliphatic heterocycles. The van der Waals surface area contributed by atoms with Gasteiger partial charge in [0.15, 0.2) is 0 Å². The Morgan fingerprint density at radius 1 is 1.29 bits per heavy atom. The monoisotopic (exact) mass is 198 g/mol. The SMILES string of the molecule is CC(C)N(C)C(=O)NC1CCCCC1. The van der Waals surface area contributed by atoms with E-state index in [1.54, 1.807) is 4.90 Å². The van der Waals surface area contributed by atoms with E-state index in [0.717, 1.165) is 12.8 Å². The molecule has 1 N–H and O–H groups in total. The molecule has 1 rings (SSSR count). The maximum atomic E-state index is 11.7. The molecule has 1 aliphatic rings. The summed E-state index contributed by atoms with van der Waals surface area (Å²) >= 11 is 0. The Labute approximate surface area is 86.9 Å². The fourth-order valence-electron chi connectivity index (χ4n) is 1.76. The van der Waals surface area contributed by atoms with E-state index in [9.17, 15) is 4.79 Å². The highest BCUT2D eigenvalue weighted by molar-refractivity contribution is 5.74. The highest BCUT2D eigenvalue weighted by Gasteiger charge is 2.18. The van der Waals surface area contributed by atoms with Crippen LogP contribution in [0.5, 0.6) is 0 Å². The lowest BCUT2D eigenvalue weighted by Gasteiger charge is -2.28. The lowest BCUT2D eigenvalue weighted by Crippen LogP contribution is -2.46. The molecule has 1 aliphatic carbocycles. The van der Waals surface area contributed by atoms with E-state index in [2.05, 4.69) is 5.32 Å². The van der Waals surface area contributed by atoms with Crippen molar-refractivity contribution in [3.8, 4) is 0 Å². The summed E-state index contributed by atoms with van der Waals surface area (Å²) in [7, 11) is 1.85. The number of nitrogens with one attached hydrogen (secondary N) is 1. The number of carbonyl (C=O) groups is 1. The van der Waals surface area contributed by atoms with Crippen molar-refractivity contribution >= 4 is 6.03 Å². The topological polar surface area (TPSA) is 32.3 Å². The normalized spacial score (nSPS) is 18.3. The van der Waals surface area contributed by atoms with Crippen molar-refractivity contribution in [2.45, 2.75) is 58.0 Å². The Hall–Kier alpha value is -0.730. The van der Waals surface area contributed by atoms with Crippen LogP contribution in [0, 0.1) is 0 Å². The second-order valence-electron chi connectivity index (χ2n) is 4.49. The van der Waals surface area contributed by atoms with Gasteiger partial charge in [0.2, 0.25) is 0 Å². The molecular weight excluding hydrogens is 176 g/mol. The summed E-state index contributed by atoms with van der Waals surface area (Å²) in [4.78, 5) is 13.4. The largest absolute Gasteiger partial charge is 0.335 e. The molecule has 2 amide bonds. The summed E-state index contributed by atoms with van der Waals surface area (Å²) in [6, 6.07) is 0.767. The van der Waals surface area contributed by atoms with Crippen LogP contribution in [-0.2, 0) is 0 Å². The number of carbonyl (C=O) groups excluding carboxylic acids is 1. The van der Waals surface area contributed by atoms with Crippen LogP contribution in [0.2, 0.25) is 0 Å². The molecule has 0 unspecified atom stereocenters.